The number of primary amides is 1. The Morgan fingerprint density at radius 1 is 0.850 bits per heavy atom. The van der Waals surface area contributed by atoms with E-state index in [1.807, 2.05) is 55.5 Å². The van der Waals surface area contributed by atoms with E-state index < -0.39 is 23.9 Å². The number of likely N-dealkylation sites (N-methyl/N-ethyl adjacent to an activating group) is 2. The first-order valence-electron chi connectivity index (χ1n) is 13.1. The van der Waals surface area contributed by atoms with E-state index in [1.165, 1.54) is 16.8 Å². The van der Waals surface area contributed by atoms with Crippen molar-refractivity contribution >= 4 is 17.7 Å². The van der Waals surface area contributed by atoms with Gasteiger partial charge in [0.05, 0.1) is 20.3 Å². The van der Waals surface area contributed by atoms with Crippen molar-refractivity contribution in [2.45, 2.75) is 38.1 Å². The van der Waals surface area contributed by atoms with Gasteiger partial charge in [-0.2, -0.15) is 0 Å². The number of ether oxygens (including phenoxy) is 2. The van der Waals surface area contributed by atoms with Crippen LogP contribution in [0.2, 0.25) is 0 Å². The fraction of sp³-hybridized carbons (Fsp3) is 0.323. The summed E-state index contributed by atoms with van der Waals surface area (Å²) in [7, 11) is 4.63. The van der Waals surface area contributed by atoms with E-state index >= 15 is 0 Å². The summed E-state index contributed by atoms with van der Waals surface area (Å²) in [5.41, 5.74) is 14.7. The highest BCUT2D eigenvalue weighted by Gasteiger charge is 2.35. The van der Waals surface area contributed by atoms with Crippen molar-refractivity contribution in [1.82, 2.24) is 9.80 Å². The maximum absolute atomic E-state index is 13.9. The van der Waals surface area contributed by atoms with E-state index in [-0.39, 0.29) is 31.6 Å². The quantitative estimate of drug-likeness (QED) is 0.339. The van der Waals surface area contributed by atoms with Crippen molar-refractivity contribution in [3.05, 3.63) is 101 Å². The molecule has 0 fully saturated rings. The zero-order valence-corrected chi connectivity index (χ0v) is 23.4. The minimum Gasteiger partial charge on any atom is -0.497 e. The number of carbonyl (C=O) groups is 3. The molecule has 40 heavy (non-hydrogen) atoms. The van der Waals surface area contributed by atoms with Gasteiger partial charge in [0.15, 0.2) is 0 Å². The van der Waals surface area contributed by atoms with Crippen molar-refractivity contribution in [1.29, 1.82) is 0 Å². The summed E-state index contributed by atoms with van der Waals surface area (Å²) < 4.78 is 11.1. The molecule has 3 atom stereocenters. The minimum absolute atomic E-state index is 0.0820. The molecule has 3 aromatic carbocycles. The Balaban J connectivity index is 1.85. The molecule has 0 spiro atoms. The van der Waals surface area contributed by atoms with Crippen LogP contribution in [0, 0.1) is 0 Å². The minimum atomic E-state index is -1.02. The molecule has 0 aliphatic heterocycles. The molecule has 0 saturated carbocycles. The summed E-state index contributed by atoms with van der Waals surface area (Å²) >= 11 is 0. The van der Waals surface area contributed by atoms with E-state index in [0.717, 1.165) is 16.7 Å². The van der Waals surface area contributed by atoms with Gasteiger partial charge in [0.1, 0.15) is 17.8 Å². The van der Waals surface area contributed by atoms with Crippen molar-refractivity contribution in [2.75, 3.05) is 27.8 Å². The average molecular weight is 547 g/mol. The van der Waals surface area contributed by atoms with Gasteiger partial charge in [-0.15, -0.1) is 0 Å². The van der Waals surface area contributed by atoms with Gasteiger partial charge in [0.2, 0.25) is 11.8 Å². The zero-order chi connectivity index (χ0) is 29.2. The summed E-state index contributed by atoms with van der Waals surface area (Å²) in [5.74, 6) is -0.824. The fourth-order valence-corrected chi connectivity index (χ4v) is 4.31. The smallest absolute Gasteiger partial charge is 0.254 e. The molecule has 212 valence electrons. The Hall–Kier alpha value is -4.21. The van der Waals surface area contributed by atoms with Crippen LogP contribution < -0.4 is 16.2 Å². The molecule has 0 saturated heterocycles. The predicted molar refractivity (Wildman–Crippen MR) is 153 cm³/mol. The van der Waals surface area contributed by atoms with Crippen LogP contribution >= 0.6 is 0 Å². The standard InChI is InChI=1S/C31H38N4O5/c1-21(32)24-11-8-12-25(18-24)30(37)35(3)28(20-40-19-23-9-6-5-7-10-23)31(38)34(2)27(29(33)36)17-22-13-15-26(39-4)16-14-22/h5-16,18,21,27-28H,17,19-20,32H2,1-4H3,(H2,33,36)/t21?,27-,28-/m1/s1. The number of nitrogens with zero attached hydrogens (tertiary/aromatic N) is 2. The third kappa shape index (κ3) is 7.91. The highest BCUT2D eigenvalue weighted by molar-refractivity contribution is 5.98. The normalized spacial score (nSPS) is 13.1. The summed E-state index contributed by atoms with van der Waals surface area (Å²) in [6.07, 6.45) is 0.202. The third-order valence-corrected chi connectivity index (χ3v) is 6.85. The monoisotopic (exact) mass is 546 g/mol. The van der Waals surface area contributed by atoms with Crippen molar-refractivity contribution in [3.63, 3.8) is 0 Å². The van der Waals surface area contributed by atoms with Crippen LogP contribution in [-0.2, 0) is 27.4 Å². The van der Waals surface area contributed by atoms with Crippen LogP contribution in [0.4, 0.5) is 0 Å². The predicted octanol–water partition coefficient (Wildman–Crippen LogP) is 2.93. The Kier molecular flexibility index (Phi) is 10.8. The summed E-state index contributed by atoms with van der Waals surface area (Å²) in [6, 6.07) is 21.5. The second-order valence-corrected chi connectivity index (χ2v) is 9.77. The van der Waals surface area contributed by atoms with E-state index in [0.29, 0.717) is 11.3 Å². The number of nitrogens with two attached hydrogens (primary N) is 2. The number of carbonyl (C=O) groups excluding carboxylic acids is 3. The topological polar surface area (TPSA) is 128 Å². The Morgan fingerprint density at radius 3 is 2.12 bits per heavy atom. The molecule has 3 amide bonds. The molecule has 0 heterocycles. The first kappa shape index (κ1) is 30.3. The van der Waals surface area contributed by atoms with Gasteiger partial charge in [-0.25, -0.2) is 0 Å². The average Bonchev–Trinajstić information content (AvgIpc) is 2.97. The molecule has 0 aliphatic carbocycles. The summed E-state index contributed by atoms with van der Waals surface area (Å²) in [4.78, 5) is 42.6. The lowest BCUT2D eigenvalue weighted by molar-refractivity contribution is -0.143. The van der Waals surface area contributed by atoms with Crippen molar-refractivity contribution in [2.24, 2.45) is 11.5 Å². The van der Waals surface area contributed by atoms with E-state index in [1.54, 1.807) is 44.5 Å². The third-order valence-electron chi connectivity index (χ3n) is 6.85. The molecule has 1 unspecified atom stereocenters. The van der Waals surface area contributed by atoms with Gasteiger partial charge < -0.3 is 30.7 Å². The van der Waals surface area contributed by atoms with Crippen molar-refractivity contribution < 1.29 is 23.9 Å². The molecular formula is C31H38N4O5. The van der Waals surface area contributed by atoms with Crippen LogP contribution in [0.5, 0.6) is 5.75 Å². The second kappa shape index (κ2) is 14.3. The number of benzene rings is 3. The molecular weight excluding hydrogens is 508 g/mol. The first-order chi connectivity index (χ1) is 19.1. The molecule has 3 aromatic rings. The highest BCUT2D eigenvalue weighted by Crippen LogP contribution is 2.18. The first-order valence-corrected chi connectivity index (χ1v) is 13.1. The van der Waals surface area contributed by atoms with E-state index in [9.17, 15) is 14.4 Å². The van der Waals surface area contributed by atoms with Gasteiger partial charge in [0.25, 0.3) is 5.91 Å². The van der Waals surface area contributed by atoms with Gasteiger partial charge in [-0.1, -0.05) is 54.6 Å². The lowest BCUT2D eigenvalue weighted by Crippen LogP contribution is -2.56. The molecule has 4 N–H and O–H groups in total. The maximum atomic E-state index is 13.9. The van der Waals surface area contributed by atoms with E-state index in [4.69, 9.17) is 20.9 Å². The van der Waals surface area contributed by atoms with Crippen LogP contribution in [-0.4, -0.2) is 67.4 Å². The maximum Gasteiger partial charge on any atom is 0.254 e. The van der Waals surface area contributed by atoms with Gasteiger partial charge >= 0.3 is 0 Å². The number of hydrogen-bond donors (Lipinski definition) is 2. The fourth-order valence-electron chi connectivity index (χ4n) is 4.31. The number of hydrogen-bond acceptors (Lipinski definition) is 6. The Morgan fingerprint density at radius 2 is 1.52 bits per heavy atom. The summed E-state index contributed by atoms with van der Waals surface area (Å²) in [6.45, 7) is 2.00. The van der Waals surface area contributed by atoms with Crippen LogP contribution in [0.3, 0.4) is 0 Å². The van der Waals surface area contributed by atoms with Crippen LogP contribution in [0.25, 0.3) is 0 Å². The molecule has 9 nitrogen and oxygen atoms in total. The number of amides is 3. The molecule has 0 aromatic heterocycles. The molecule has 0 aliphatic rings. The molecule has 9 heteroatoms. The van der Waals surface area contributed by atoms with E-state index in [2.05, 4.69) is 0 Å². The summed E-state index contributed by atoms with van der Waals surface area (Å²) in [5, 5.41) is 0. The van der Waals surface area contributed by atoms with Gasteiger partial charge in [-0.05, 0) is 47.9 Å². The van der Waals surface area contributed by atoms with Crippen LogP contribution in [0.1, 0.15) is 40.0 Å². The SMILES string of the molecule is COc1ccc(C[C@H](C(N)=O)N(C)C(=O)[C@@H](COCc2ccccc2)N(C)C(=O)c2cccc(C(C)N)c2)cc1. The van der Waals surface area contributed by atoms with Gasteiger partial charge in [-0.3, -0.25) is 14.4 Å². The number of methoxy groups -OCH3 is 1. The Bertz CT molecular complexity index is 1280. The number of rotatable bonds is 13. The molecule has 3 rings (SSSR count). The lowest BCUT2D eigenvalue weighted by Gasteiger charge is -2.34. The second-order valence-electron chi connectivity index (χ2n) is 9.77. The molecule has 0 radical (unpaired) electrons. The highest BCUT2D eigenvalue weighted by atomic mass is 16.5. The van der Waals surface area contributed by atoms with Gasteiger partial charge in [0, 0.05) is 32.1 Å². The van der Waals surface area contributed by atoms with Crippen LogP contribution in [0.15, 0.2) is 78.9 Å². The Labute approximate surface area is 235 Å². The largest absolute Gasteiger partial charge is 0.497 e. The lowest BCUT2D eigenvalue weighted by atomic mass is 10.0. The van der Waals surface area contributed by atoms with Crippen molar-refractivity contribution in [3.8, 4) is 5.75 Å². The zero-order valence-electron chi connectivity index (χ0n) is 23.4. The molecule has 0 bridgehead atoms.